The summed E-state index contributed by atoms with van der Waals surface area (Å²) in [5.41, 5.74) is 6.18. The number of amidine groups is 1. The molecule has 1 fully saturated rings. The van der Waals surface area contributed by atoms with Gasteiger partial charge in [-0.15, -0.1) is 18.3 Å². The van der Waals surface area contributed by atoms with Crippen LogP contribution in [0.1, 0.15) is 42.0 Å². The number of carbonyl (C=O) groups excluding carboxylic acids is 2. The topological polar surface area (TPSA) is 114 Å². The summed E-state index contributed by atoms with van der Waals surface area (Å²) in [4.78, 5) is 36.2. The second-order valence-corrected chi connectivity index (χ2v) is 13.0. The highest BCUT2D eigenvalue weighted by molar-refractivity contribution is 8.15. The summed E-state index contributed by atoms with van der Waals surface area (Å²) in [6.45, 7) is 6.09. The van der Waals surface area contributed by atoms with E-state index in [9.17, 15) is 22.8 Å². The van der Waals surface area contributed by atoms with Crippen LogP contribution in [-0.2, 0) is 17.6 Å². The van der Waals surface area contributed by atoms with Crippen LogP contribution in [0.5, 0.6) is 5.75 Å². The Balaban J connectivity index is 1.07. The van der Waals surface area contributed by atoms with E-state index in [1.807, 2.05) is 43.3 Å². The zero-order valence-corrected chi connectivity index (χ0v) is 27.7. The van der Waals surface area contributed by atoms with Crippen LogP contribution in [0, 0.1) is 6.92 Å². The van der Waals surface area contributed by atoms with E-state index in [4.69, 9.17) is 12.2 Å². The molecule has 15 heteroatoms. The smallest absolute Gasteiger partial charge is 0.406 e. The number of fused-ring (bicyclic) bond motifs is 1. The summed E-state index contributed by atoms with van der Waals surface area (Å²) >= 11 is 6.66. The summed E-state index contributed by atoms with van der Waals surface area (Å²) in [7, 11) is 0. The molecule has 1 saturated heterocycles. The average molecular weight is 694 g/mol. The second kappa shape index (κ2) is 13.4. The van der Waals surface area contributed by atoms with Gasteiger partial charge >= 0.3 is 12.4 Å². The molecule has 3 aromatic carbocycles. The number of ether oxygens (including phenoxy) is 1. The minimum absolute atomic E-state index is 0.0459. The number of hydrogen-bond acceptors (Lipinski definition) is 7. The fraction of sp³-hybridized carbons (Fsp3) is 0.273. The first-order chi connectivity index (χ1) is 22.8. The Hall–Kier alpha value is -4.76. The van der Waals surface area contributed by atoms with Gasteiger partial charge in [-0.2, -0.15) is 4.99 Å². The van der Waals surface area contributed by atoms with Gasteiger partial charge in [-0.3, -0.25) is 15.0 Å². The summed E-state index contributed by atoms with van der Waals surface area (Å²) in [5, 5.41) is 10.4. The molecule has 2 N–H and O–H groups in total. The lowest BCUT2D eigenvalue weighted by Gasteiger charge is -2.22. The Bertz CT molecular complexity index is 1930. The molecular formula is C33H30F3N7O3S2. The van der Waals surface area contributed by atoms with Crippen molar-refractivity contribution in [2.75, 3.05) is 10.7 Å². The van der Waals surface area contributed by atoms with E-state index in [-0.39, 0.29) is 34.5 Å². The van der Waals surface area contributed by atoms with Gasteiger partial charge in [0.1, 0.15) is 12.1 Å². The molecule has 10 nitrogen and oxygen atoms in total. The maximum absolute atomic E-state index is 12.9. The first-order valence-electron chi connectivity index (χ1n) is 15.0. The van der Waals surface area contributed by atoms with Gasteiger partial charge in [0.25, 0.3) is 0 Å². The number of thioether (sulfide) groups is 1. The Kier molecular flexibility index (Phi) is 9.25. The molecule has 1 unspecified atom stereocenters. The third kappa shape index (κ3) is 7.52. The first-order valence-corrected chi connectivity index (χ1v) is 16.4. The van der Waals surface area contributed by atoms with Crippen LogP contribution in [0.25, 0.3) is 17.1 Å². The van der Waals surface area contributed by atoms with Gasteiger partial charge in [0.15, 0.2) is 11.0 Å². The number of carbonyl (C=O) groups is 2. The number of benzene rings is 3. The third-order valence-corrected chi connectivity index (χ3v) is 8.91. The number of rotatable bonds is 6. The number of urea groups is 1. The highest BCUT2D eigenvalue weighted by atomic mass is 32.2. The van der Waals surface area contributed by atoms with Gasteiger partial charge in [0.2, 0.25) is 11.0 Å². The van der Waals surface area contributed by atoms with Crippen LogP contribution >= 0.6 is 24.0 Å². The number of thiocarbonyl (C=S) groups is 1. The van der Waals surface area contributed by atoms with E-state index in [1.54, 1.807) is 4.90 Å². The Morgan fingerprint density at radius 3 is 2.56 bits per heavy atom. The van der Waals surface area contributed by atoms with E-state index in [2.05, 4.69) is 44.3 Å². The molecule has 0 spiro atoms. The molecule has 3 amide bonds. The largest absolute Gasteiger partial charge is 0.573 e. The van der Waals surface area contributed by atoms with Crippen molar-refractivity contribution in [3.8, 4) is 22.8 Å². The number of anilines is 1. The molecule has 48 heavy (non-hydrogen) atoms. The number of aliphatic imine (C=N–C) groups is 1. The van der Waals surface area contributed by atoms with Crippen LogP contribution in [0.2, 0.25) is 0 Å². The molecule has 0 saturated carbocycles. The number of aryl methyl sites for hydroxylation is 1. The van der Waals surface area contributed by atoms with Gasteiger partial charge in [-0.1, -0.05) is 49.9 Å². The normalized spacial score (nSPS) is 16.8. The summed E-state index contributed by atoms with van der Waals surface area (Å²) in [6, 6.07) is 16.4. The van der Waals surface area contributed by atoms with Crippen molar-refractivity contribution in [2.45, 2.75) is 51.9 Å². The highest BCUT2D eigenvalue weighted by Crippen LogP contribution is 2.34. The van der Waals surface area contributed by atoms with E-state index in [0.717, 1.165) is 33.5 Å². The van der Waals surface area contributed by atoms with Crippen molar-refractivity contribution < 1.29 is 27.5 Å². The van der Waals surface area contributed by atoms with Crippen molar-refractivity contribution >= 4 is 51.9 Å². The molecule has 4 aromatic rings. The highest BCUT2D eigenvalue weighted by Gasteiger charge is 2.33. The van der Waals surface area contributed by atoms with Crippen molar-refractivity contribution in [1.29, 1.82) is 0 Å². The van der Waals surface area contributed by atoms with Crippen molar-refractivity contribution in [2.24, 2.45) is 4.99 Å². The zero-order valence-electron chi connectivity index (χ0n) is 26.0. The van der Waals surface area contributed by atoms with E-state index in [1.165, 1.54) is 47.0 Å². The lowest BCUT2D eigenvalue weighted by Crippen LogP contribution is -2.44. The maximum Gasteiger partial charge on any atom is 0.573 e. The number of amides is 3. The number of nitrogens with zero attached hydrogens (tertiary/aromatic N) is 5. The lowest BCUT2D eigenvalue weighted by atomic mass is 9.99. The second-order valence-electron chi connectivity index (χ2n) is 11.7. The minimum atomic E-state index is -4.77. The third-order valence-electron chi connectivity index (χ3n) is 7.79. The minimum Gasteiger partial charge on any atom is -0.406 e. The fourth-order valence-corrected chi connectivity index (χ4v) is 6.73. The summed E-state index contributed by atoms with van der Waals surface area (Å²) in [5.74, 6) is 0.428. The lowest BCUT2D eigenvalue weighted by molar-refractivity contribution is -0.274. The fourth-order valence-electron chi connectivity index (χ4n) is 5.63. The van der Waals surface area contributed by atoms with Crippen LogP contribution in [0.3, 0.4) is 0 Å². The number of hydrogen-bond donors (Lipinski definition) is 2. The van der Waals surface area contributed by atoms with E-state index < -0.39 is 12.4 Å². The summed E-state index contributed by atoms with van der Waals surface area (Å²) in [6.07, 6.45) is -2.10. The predicted molar refractivity (Wildman–Crippen MR) is 182 cm³/mol. The van der Waals surface area contributed by atoms with Gasteiger partial charge in [0.05, 0.1) is 17.1 Å². The Labute approximate surface area is 283 Å². The Morgan fingerprint density at radius 2 is 1.83 bits per heavy atom. The molecule has 1 aliphatic carbocycles. The van der Waals surface area contributed by atoms with Crippen LogP contribution < -0.4 is 20.3 Å². The maximum atomic E-state index is 12.9. The Morgan fingerprint density at radius 1 is 1.08 bits per heavy atom. The molecule has 2 aliphatic rings. The van der Waals surface area contributed by atoms with Gasteiger partial charge in [0, 0.05) is 11.6 Å². The van der Waals surface area contributed by atoms with E-state index in [0.29, 0.717) is 29.5 Å². The number of nitrogens with one attached hydrogen (secondary N) is 2. The molecule has 2 heterocycles. The quantitative estimate of drug-likeness (QED) is 0.223. The van der Waals surface area contributed by atoms with Crippen LogP contribution in [-0.4, -0.2) is 55.1 Å². The van der Waals surface area contributed by atoms with Crippen molar-refractivity contribution in [3.63, 3.8) is 0 Å². The molecular weight excluding hydrogens is 664 g/mol. The average Bonchev–Trinajstić information content (AvgIpc) is 3.74. The standard InChI is InChI=1S/C33H30F3N7O3S2/c1-18(2)26-11-4-19(3)12-27(26)43-28(44)16-48-32(43)40-31(47)39-30(45)38-23-14-20-5-6-21(13-22(20)15-23)29-37-17-42(41-29)24-7-9-25(10-8-24)46-33(34,35)36/h4-13,17-18,23H,14-16H2,1-3H3,(H2,38,39,45,47). The molecule has 6 rings (SSSR count). The molecule has 248 valence electrons. The van der Waals surface area contributed by atoms with Gasteiger partial charge < -0.3 is 10.1 Å². The van der Waals surface area contributed by atoms with Crippen LogP contribution in [0.4, 0.5) is 23.7 Å². The van der Waals surface area contributed by atoms with Crippen LogP contribution in [0.15, 0.2) is 72.0 Å². The van der Waals surface area contributed by atoms with E-state index >= 15 is 0 Å². The molecule has 1 aromatic heterocycles. The van der Waals surface area contributed by atoms with Crippen molar-refractivity contribution in [1.82, 2.24) is 25.4 Å². The number of aromatic nitrogens is 3. The predicted octanol–water partition coefficient (Wildman–Crippen LogP) is 6.45. The molecule has 0 radical (unpaired) electrons. The summed E-state index contributed by atoms with van der Waals surface area (Å²) < 4.78 is 42.8. The first kappa shape index (κ1) is 33.2. The number of halogens is 3. The number of alkyl halides is 3. The monoisotopic (exact) mass is 693 g/mol. The van der Waals surface area contributed by atoms with Gasteiger partial charge in [-0.05, 0) is 96.6 Å². The SMILES string of the molecule is Cc1ccc(C(C)C)c(N2C(=O)CSC2=NC(=S)NC(=O)NC2Cc3ccc(-c4ncn(-c5ccc(OC(F)(F)F)cc5)n4)cc3C2)c1. The zero-order chi connectivity index (χ0) is 34.2. The molecule has 1 aliphatic heterocycles. The van der Waals surface area contributed by atoms with Crippen molar-refractivity contribution in [3.05, 3.63) is 89.2 Å². The van der Waals surface area contributed by atoms with Gasteiger partial charge in [-0.25, -0.2) is 14.5 Å². The molecule has 1 atom stereocenters. The molecule has 0 bridgehead atoms.